The van der Waals surface area contributed by atoms with Gasteiger partial charge in [0.1, 0.15) is 22.9 Å². The number of aromatic hydroxyl groups is 2. The van der Waals surface area contributed by atoms with Crippen LogP contribution in [0.1, 0.15) is 5.56 Å². The number of carbonyl (C=O) groups excluding carboxylic acids is 1. The zero-order valence-corrected chi connectivity index (χ0v) is 16.3. The van der Waals surface area contributed by atoms with Crippen molar-refractivity contribution in [2.75, 3.05) is 0 Å². The predicted molar refractivity (Wildman–Crippen MR) is 115 cm³/mol. The highest BCUT2D eigenvalue weighted by Gasteiger charge is 2.14. The van der Waals surface area contributed by atoms with Crippen LogP contribution in [0.4, 0.5) is 0 Å². The molecule has 0 aliphatic heterocycles. The fourth-order valence-corrected chi connectivity index (χ4v) is 3.82. The van der Waals surface area contributed by atoms with E-state index in [0.29, 0.717) is 15.8 Å². The van der Waals surface area contributed by atoms with Gasteiger partial charge < -0.3 is 10.2 Å². The van der Waals surface area contributed by atoms with Gasteiger partial charge in [-0.15, -0.1) is 11.3 Å². The first-order chi connectivity index (χ1) is 14.5. The highest BCUT2D eigenvalue weighted by atomic mass is 32.1. The summed E-state index contributed by atoms with van der Waals surface area (Å²) in [6.07, 6.45) is 2.58. The summed E-state index contributed by atoms with van der Waals surface area (Å²) in [7, 11) is 0. The lowest BCUT2D eigenvalue weighted by Gasteiger charge is -2.05. The molecule has 0 radical (unpaired) electrons. The van der Waals surface area contributed by atoms with E-state index in [-0.39, 0.29) is 23.6 Å². The van der Waals surface area contributed by atoms with E-state index in [1.165, 1.54) is 40.6 Å². The number of phenolic OH excluding ortho intramolecular Hbond substituents is 2. The number of phenols is 2. The first kappa shape index (κ1) is 19.3. The van der Waals surface area contributed by atoms with Gasteiger partial charge in [0.2, 0.25) is 0 Å². The second-order valence-electron chi connectivity index (χ2n) is 6.41. The Balaban J connectivity index is 1.54. The fourth-order valence-electron chi connectivity index (χ4n) is 2.92. The molecule has 0 bridgehead atoms. The lowest BCUT2D eigenvalue weighted by molar-refractivity contribution is -0.121. The van der Waals surface area contributed by atoms with Crippen molar-refractivity contribution in [2.24, 2.45) is 5.10 Å². The molecule has 2 aromatic carbocycles. The molecule has 4 aromatic rings. The Bertz CT molecular complexity index is 1310. The van der Waals surface area contributed by atoms with Crippen LogP contribution < -0.4 is 11.0 Å². The van der Waals surface area contributed by atoms with Gasteiger partial charge in [-0.25, -0.2) is 10.4 Å². The Hall–Kier alpha value is -3.98. The topological polar surface area (TPSA) is 117 Å². The van der Waals surface area contributed by atoms with E-state index < -0.39 is 5.91 Å². The van der Waals surface area contributed by atoms with Crippen molar-refractivity contribution in [2.45, 2.75) is 6.54 Å². The molecule has 2 heterocycles. The average molecular weight is 420 g/mol. The number of carbonyl (C=O) groups is 1. The number of aromatic nitrogens is 2. The highest BCUT2D eigenvalue weighted by Crippen LogP contribution is 2.30. The molecule has 150 valence electrons. The van der Waals surface area contributed by atoms with Gasteiger partial charge in [-0.3, -0.25) is 14.2 Å². The number of fused-ring (bicyclic) bond motifs is 1. The van der Waals surface area contributed by atoms with Gasteiger partial charge in [-0.2, -0.15) is 5.10 Å². The van der Waals surface area contributed by atoms with Crippen LogP contribution in [0.5, 0.6) is 11.5 Å². The Morgan fingerprint density at radius 1 is 1.20 bits per heavy atom. The van der Waals surface area contributed by atoms with Crippen molar-refractivity contribution in [1.82, 2.24) is 15.0 Å². The molecule has 0 unspecified atom stereocenters. The third-order valence-electron chi connectivity index (χ3n) is 4.37. The van der Waals surface area contributed by atoms with Gasteiger partial charge in [0, 0.05) is 22.6 Å². The first-order valence-corrected chi connectivity index (χ1v) is 9.77. The largest absolute Gasteiger partial charge is 0.508 e. The number of rotatable bonds is 5. The lowest BCUT2D eigenvalue weighted by atomic mass is 10.1. The molecule has 2 aromatic heterocycles. The van der Waals surface area contributed by atoms with Crippen LogP contribution in [0, 0.1) is 0 Å². The number of hydrogen-bond acceptors (Lipinski definition) is 7. The minimum atomic E-state index is -0.524. The quantitative estimate of drug-likeness (QED) is 0.339. The van der Waals surface area contributed by atoms with E-state index in [9.17, 15) is 19.8 Å². The van der Waals surface area contributed by atoms with Crippen molar-refractivity contribution >= 4 is 33.7 Å². The zero-order chi connectivity index (χ0) is 21.1. The predicted octanol–water partition coefficient (Wildman–Crippen LogP) is 2.69. The summed E-state index contributed by atoms with van der Waals surface area (Å²) >= 11 is 1.37. The Morgan fingerprint density at radius 3 is 2.77 bits per heavy atom. The summed E-state index contributed by atoms with van der Waals surface area (Å²) in [4.78, 5) is 30.1. The number of thiophene rings is 1. The average Bonchev–Trinajstić information content (AvgIpc) is 3.17. The fraction of sp³-hybridized carbons (Fsp3) is 0.0476. The normalized spacial score (nSPS) is 11.2. The number of nitrogens with one attached hydrogen (secondary N) is 1. The van der Waals surface area contributed by atoms with Gasteiger partial charge in [-0.05, 0) is 17.7 Å². The molecule has 0 aliphatic carbocycles. The molecule has 0 saturated carbocycles. The number of hydrogen-bond donors (Lipinski definition) is 3. The minimum Gasteiger partial charge on any atom is -0.508 e. The number of hydrazone groups is 1. The van der Waals surface area contributed by atoms with Gasteiger partial charge in [0.15, 0.2) is 0 Å². The second kappa shape index (κ2) is 8.18. The number of amides is 1. The van der Waals surface area contributed by atoms with Crippen LogP contribution in [0.25, 0.3) is 21.3 Å². The van der Waals surface area contributed by atoms with Crippen LogP contribution in [0.15, 0.2) is 70.1 Å². The van der Waals surface area contributed by atoms with E-state index in [1.807, 2.05) is 35.7 Å². The monoisotopic (exact) mass is 420 g/mol. The van der Waals surface area contributed by atoms with E-state index in [0.717, 1.165) is 17.2 Å². The molecule has 0 fully saturated rings. The third kappa shape index (κ3) is 3.91. The first-order valence-electron chi connectivity index (χ1n) is 8.89. The van der Waals surface area contributed by atoms with E-state index in [2.05, 4.69) is 15.5 Å². The summed E-state index contributed by atoms with van der Waals surface area (Å²) in [5, 5.41) is 25.1. The molecule has 0 spiro atoms. The molecule has 9 heteroatoms. The maximum absolute atomic E-state index is 12.9. The van der Waals surface area contributed by atoms with E-state index >= 15 is 0 Å². The van der Waals surface area contributed by atoms with E-state index in [1.54, 1.807) is 0 Å². The van der Waals surface area contributed by atoms with Crippen molar-refractivity contribution in [3.8, 4) is 22.6 Å². The summed E-state index contributed by atoms with van der Waals surface area (Å²) in [6.45, 7) is -0.259. The van der Waals surface area contributed by atoms with Crippen LogP contribution in [-0.2, 0) is 11.3 Å². The van der Waals surface area contributed by atoms with Crippen LogP contribution in [0.3, 0.4) is 0 Å². The molecule has 30 heavy (non-hydrogen) atoms. The molecular formula is C21H16N4O4S. The minimum absolute atomic E-state index is 0.0840. The Kier molecular flexibility index (Phi) is 5.27. The number of benzene rings is 2. The third-order valence-corrected chi connectivity index (χ3v) is 5.25. The molecular weight excluding hydrogens is 404 g/mol. The van der Waals surface area contributed by atoms with Crippen molar-refractivity contribution in [3.05, 3.63) is 76.2 Å². The van der Waals surface area contributed by atoms with Crippen LogP contribution in [-0.4, -0.2) is 31.9 Å². The summed E-state index contributed by atoms with van der Waals surface area (Å²) < 4.78 is 1.23. The maximum atomic E-state index is 12.9. The van der Waals surface area contributed by atoms with Gasteiger partial charge >= 0.3 is 0 Å². The molecule has 0 saturated heterocycles. The standard InChI is InChI=1S/C21H16N4O4S/c26-15-7-6-14(17(27)8-15)9-23-24-18(28)10-25-12-22-20-19(21(25)29)16(11-30-20)13-4-2-1-3-5-13/h1-9,11-12,26-27H,10H2,(H,24,28)/b23-9-. The van der Waals surface area contributed by atoms with Crippen molar-refractivity contribution < 1.29 is 15.0 Å². The highest BCUT2D eigenvalue weighted by molar-refractivity contribution is 7.17. The zero-order valence-electron chi connectivity index (χ0n) is 15.5. The maximum Gasteiger partial charge on any atom is 0.263 e. The molecule has 0 aliphatic rings. The SMILES string of the molecule is O=C(Cn1cnc2scc(-c3ccccc3)c2c1=O)N/N=C\c1ccc(O)cc1O. The van der Waals surface area contributed by atoms with Crippen molar-refractivity contribution in [3.63, 3.8) is 0 Å². The molecule has 1 amide bonds. The van der Waals surface area contributed by atoms with Gasteiger partial charge in [0.05, 0.1) is 17.9 Å². The summed E-state index contributed by atoms with van der Waals surface area (Å²) in [5.41, 5.74) is 4.00. The lowest BCUT2D eigenvalue weighted by Crippen LogP contribution is -2.30. The Morgan fingerprint density at radius 2 is 2.00 bits per heavy atom. The molecule has 8 nitrogen and oxygen atoms in total. The summed E-state index contributed by atoms with van der Waals surface area (Å²) in [6, 6.07) is 13.5. The molecule has 4 rings (SSSR count). The molecule has 3 N–H and O–H groups in total. The number of nitrogens with zero attached hydrogens (tertiary/aromatic N) is 3. The molecule has 0 atom stereocenters. The van der Waals surface area contributed by atoms with Crippen LogP contribution >= 0.6 is 11.3 Å². The Labute approximate surface area is 174 Å². The van der Waals surface area contributed by atoms with E-state index in [4.69, 9.17) is 0 Å². The summed E-state index contributed by atoms with van der Waals surface area (Å²) in [5.74, 6) is -0.784. The van der Waals surface area contributed by atoms with Gasteiger partial charge in [0.25, 0.3) is 11.5 Å². The van der Waals surface area contributed by atoms with Crippen molar-refractivity contribution in [1.29, 1.82) is 0 Å². The smallest absolute Gasteiger partial charge is 0.263 e. The van der Waals surface area contributed by atoms with Crippen LogP contribution in [0.2, 0.25) is 0 Å². The second-order valence-corrected chi connectivity index (χ2v) is 7.27. The van der Waals surface area contributed by atoms with Gasteiger partial charge in [-0.1, -0.05) is 30.3 Å².